The van der Waals surface area contributed by atoms with Crippen LogP contribution in [0.25, 0.3) is 10.8 Å². The van der Waals surface area contributed by atoms with Crippen molar-refractivity contribution in [3.8, 4) is 0 Å². The van der Waals surface area contributed by atoms with Gasteiger partial charge in [-0.3, -0.25) is 0 Å². The van der Waals surface area contributed by atoms with Gasteiger partial charge in [-0.15, -0.1) is 0 Å². The van der Waals surface area contributed by atoms with Crippen LogP contribution in [0, 0.1) is 5.92 Å². The molecule has 0 spiro atoms. The lowest BCUT2D eigenvalue weighted by Crippen LogP contribution is -2.51. The van der Waals surface area contributed by atoms with Gasteiger partial charge in [0.25, 0.3) is 0 Å². The Hall–Kier alpha value is -1.65. The monoisotopic (exact) mass is 390 g/mol. The number of nitrogens with one attached hydrogen (secondary N) is 2. The van der Waals surface area contributed by atoms with Gasteiger partial charge in [-0.1, -0.05) is 56.4 Å². The highest BCUT2D eigenvalue weighted by Gasteiger charge is 2.58. The quantitative estimate of drug-likeness (QED) is 0.656. The van der Waals surface area contributed by atoms with Crippen LogP contribution in [-0.2, 0) is 9.31 Å². The Bertz CT molecular complexity index is 854. The highest BCUT2D eigenvalue weighted by atomic mass is 16.7. The average molecular weight is 390 g/mol. The second kappa shape index (κ2) is 6.95. The fraction of sp³-hybridized carbons (Fsp3) is 0.565. The Morgan fingerprint density at radius 1 is 0.862 bits per heavy atom. The molecule has 152 valence electrons. The Morgan fingerprint density at radius 3 is 1.97 bits per heavy atom. The van der Waals surface area contributed by atoms with E-state index in [0.29, 0.717) is 5.92 Å². The lowest BCUT2D eigenvalue weighted by atomic mass is 9.40. The van der Waals surface area contributed by atoms with Crippen LogP contribution < -0.4 is 10.5 Å². The van der Waals surface area contributed by atoms with E-state index in [1.807, 2.05) is 0 Å². The molecule has 2 aromatic rings. The molecule has 0 amide bonds. The number of benzene rings is 2. The predicted octanol–water partition coefficient (Wildman–Crippen LogP) is 5.75. The summed E-state index contributed by atoms with van der Waals surface area (Å²) in [5.74, 6) is 0.591. The van der Waals surface area contributed by atoms with E-state index in [9.17, 15) is 0 Å². The smallest absolute Gasteiger partial charge is 0.409 e. The molecule has 1 saturated heterocycles. The first-order chi connectivity index (χ1) is 13.9. The molecule has 29 heavy (non-hydrogen) atoms. The van der Waals surface area contributed by atoms with Crippen LogP contribution in [0.1, 0.15) is 59.8 Å². The molecular formula is C23H32B2N2O2. The van der Waals surface area contributed by atoms with Crippen LogP contribution in [0.3, 0.4) is 0 Å². The first kappa shape index (κ1) is 19.3. The van der Waals surface area contributed by atoms with E-state index >= 15 is 0 Å². The summed E-state index contributed by atoms with van der Waals surface area (Å²) in [6.45, 7) is 8.71. The highest BCUT2D eigenvalue weighted by molar-refractivity contribution is 6.80. The Balaban J connectivity index is 1.51. The fourth-order valence-corrected chi connectivity index (χ4v) is 5.36. The zero-order valence-electron chi connectivity index (χ0n) is 18.1. The standard InChI is InChI=1S/C23H32B2N2O2/c1-22(2)23(3,4)29-25(28-22)21(17-10-6-5-7-11-17)24-26-18-14-8-12-16-13-9-15-19(27-24)20(16)18/h8-9,12-15,17,21,26-27H,5-7,10-11H2,1-4H3. The minimum atomic E-state index is -0.308. The van der Waals surface area contributed by atoms with Gasteiger partial charge in [0.2, 0.25) is 0 Å². The molecule has 0 aromatic heterocycles. The van der Waals surface area contributed by atoms with Crippen molar-refractivity contribution in [2.45, 2.75) is 76.7 Å². The molecule has 2 N–H and O–H groups in total. The maximum atomic E-state index is 6.59. The van der Waals surface area contributed by atoms with Gasteiger partial charge in [0.15, 0.2) is 0 Å². The molecule has 0 bridgehead atoms. The number of hydrogen-bond acceptors (Lipinski definition) is 4. The van der Waals surface area contributed by atoms with Gasteiger partial charge in [0.05, 0.1) is 11.2 Å². The van der Waals surface area contributed by atoms with E-state index in [0.717, 1.165) is 0 Å². The molecule has 1 atom stereocenters. The second-order valence-electron chi connectivity index (χ2n) is 10.1. The van der Waals surface area contributed by atoms with Crippen LogP contribution >= 0.6 is 0 Å². The molecule has 5 rings (SSSR count). The summed E-state index contributed by atoms with van der Waals surface area (Å²) in [5.41, 5.74) is 2.05. The SMILES string of the molecule is CC1(C)OB(C(B2Nc3cccc4cccc(c34)N2)C2CCCCC2)OC1(C)C. The van der Waals surface area contributed by atoms with Gasteiger partial charge in [0.1, 0.15) is 0 Å². The Morgan fingerprint density at radius 2 is 1.41 bits per heavy atom. The molecule has 4 nitrogen and oxygen atoms in total. The lowest BCUT2D eigenvalue weighted by molar-refractivity contribution is 0.00578. The van der Waals surface area contributed by atoms with E-state index < -0.39 is 0 Å². The molecular weight excluding hydrogens is 358 g/mol. The van der Waals surface area contributed by atoms with Crippen molar-refractivity contribution in [2.24, 2.45) is 5.92 Å². The van der Waals surface area contributed by atoms with E-state index in [2.05, 4.69) is 74.5 Å². The second-order valence-corrected chi connectivity index (χ2v) is 10.1. The van der Waals surface area contributed by atoms with Gasteiger partial charge in [-0.25, -0.2) is 0 Å². The predicted molar refractivity (Wildman–Crippen MR) is 123 cm³/mol. The Kier molecular flexibility index (Phi) is 4.63. The Labute approximate surface area is 175 Å². The van der Waals surface area contributed by atoms with Gasteiger partial charge in [-0.05, 0) is 51.1 Å². The number of anilines is 2. The molecule has 2 fully saturated rings. The third-order valence-corrected chi connectivity index (χ3v) is 7.69. The minimum absolute atomic E-state index is 0.0910. The first-order valence-electron chi connectivity index (χ1n) is 11.3. The average Bonchev–Trinajstić information content (AvgIpc) is 2.90. The molecule has 2 aliphatic heterocycles. The van der Waals surface area contributed by atoms with Crippen molar-refractivity contribution in [1.29, 1.82) is 0 Å². The zero-order chi connectivity index (χ0) is 20.2. The van der Waals surface area contributed by atoms with Gasteiger partial charge >= 0.3 is 14.1 Å². The van der Waals surface area contributed by atoms with Crippen molar-refractivity contribution in [3.63, 3.8) is 0 Å². The van der Waals surface area contributed by atoms with Crippen LogP contribution in [0.15, 0.2) is 36.4 Å². The zero-order valence-corrected chi connectivity index (χ0v) is 18.1. The van der Waals surface area contributed by atoms with Gasteiger partial charge in [-0.2, -0.15) is 0 Å². The van der Waals surface area contributed by atoms with Crippen molar-refractivity contribution in [3.05, 3.63) is 36.4 Å². The van der Waals surface area contributed by atoms with Crippen molar-refractivity contribution < 1.29 is 9.31 Å². The van der Waals surface area contributed by atoms with Crippen LogP contribution in [0.4, 0.5) is 11.4 Å². The third kappa shape index (κ3) is 3.25. The summed E-state index contributed by atoms with van der Waals surface area (Å²) in [6, 6.07) is 13.0. The normalized spacial score (nSPS) is 24.3. The van der Waals surface area contributed by atoms with Crippen LogP contribution in [0.2, 0.25) is 5.72 Å². The van der Waals surface area contributed by atoms with Gasteiger partial charge in [0, 0.05) is 22.5 Å². The number of rotatable bonds is 3. The highest BCUT2D eigenvalue weighted by Crippen LogP contribution is 2.47. The van der Waals surface area contributed by atoms with Crippen molar-refractivity contribution in [2.75, 3.05) is 10.5 Å². The summed E-state index contributed by atoms with van der Waals surface area (Å²) in [4.78, 5) is 0. The molecule has 2 heterocycles. The molecule has 1 saturated carbocycles. The molecule has 3 aliphatic rings. The summed E-state index contributed by atoms with van der Waals surface area (Å²) in [7, 11) is -0.211. The van der Waals surface area contributed by atoms with E-state index in [1.165, 1.54) is 54.3 Å². The molecule has 0 radical (unpaired) electrons. The van der Waals surface area contributed by atoms with Crippen molar-refractivity contribution >= 4 is 36.2 Å². The van der Waals surface area contributed by atoms with E-state index in [4.69, 9.17) is 9.31 Å². The topological polar surface area (TPSA) is 42.5 Å². The van der Waals surface area contributed by atoms with Gasteiger partial charge < -0.3 is 19.8 Å². The molecule has 1 unspecified atom stereocenters. The van der Waals surface area contributed by atoms with Crippen LogP contribution in [-0.4, -0.2) is 25.3 Å². The molecule has 6 heteroatoms. The summed E-state index contributed by atoms with van der Waals surface area (Å²) in [6.07, 6.45) is 6.46. The molecule has 1 aliphatic carbocycles. The maximum absolute atomic E-state index is 6.59. The largest absolute Gasteiger partial charge is 0.457 e. The maximum Gasteiger partial charge on any atom is 0.457 e. The van der Waals surface area contributed by atoms with Crippen molar-refractivity contribution in [1.82, 2.24) is 0 Å². The van der Waals surface area contributed by atoms with E-state index in [1.54, 1.807) is 0 Å². The van der Waals surface area contributed by atoms with Crippen LogP contribution in [0.5, 0.6) is 0 Å². The lowest BCUT2D eigenvalue weighted by Gasteiger charge is -2.38. The number of hydrogen-bond donors (Lipinski definition) is 2. The minimum Gasteiger partial charge on any atom is -0.409 e. The fourth-order valence-electron chi connectivity index (χ4n) is 5.36. The molecule has 2 aromatic carbocycles. The summed E-state index contributed by atoms with van der Waals surface area (Å²) < 4.78 is 13.2. The first-order valence-corrected chi connectivity index (χ1v) is 11.3. The third-order valence-electron chi connectivity index (χ3n) is 7.69. The summed E-state index contributed by atoms with van der Waals surface area (Å²) in [5, 5.41) is 10.2. The summed E-state index contributed by atoms with van der Waals surface area (Å²) >= 11 is 0. The van der Waals surface area contributed by atoms with E-state index in [-0.39, 0.29) is 31.0 Å².